The summed E-state index contributed by atoms with van der Waals surface area (Å²) < 4.78 is 4.66. The Labute approximate surface area is 83.0 Å². The van der Waals surface area contributed by atoms with Gasteiger partial charge < -0.3 is 9.63 Å². The van der Waals surface area contributed by atoms with Gasteiger partial charge in [-0.05, 0) is 0 Å². The second-order valence-electron chi connectivity index (χ2n) is 2.63. The number of hydrogen-bond acceptors (Lipinski definition) is 5. The van der Waals surface area contributed by atoms with Crippen molar-refractivity contribution in [3.63, 3.8) is 0 Å². The zero-order valence-electron chi connectivity index (χ0n) is 7.01. The first-order valence-corrected chi connectivity index (χ1v) is 4.69. The largest absolute Gasteiger partial charge is 0.481 e. The molecule has 0 bridgehead atoms. The minimum atomic E-state index is -0.882. The summed E-state index contributed by atoms with van der Waals surface area (Å²) in [7, 11) is 0. The van der Waals surface area contributed by atoms with Crippen LogP contribution in [0.25, 0.3) is 10.6 Å². The lowest BCUT2D eigenvalue weighted by Gasteiger charge is -1.87. The number of nitrogens with zero attached hydrogens (tertiary/aromatic N) is 2. The summed E-state index contributed by atoms with van der Waals surface area (Å²) in [6, 6.07) is 0. The fourth-order valence-electron chi connectivity index (χ4n) is 0.986. The van der Waals surface area contributed by atoms with Gasteiger partial charge in [-0.1, -0.05) is 5.16 Å². The molecule has 0 saturated heterocycles. The quantitative estimate of drug-likeness (QED) is 0.829. The van der Waals surface area contributed by atoms with Crippen LogP contribution in [-0.2, 0) is 11.2 Å². The Balaban J connectivity index is 2.22. The van der Waals surface area contributed by atoms with Crippen molar-refractivity contribution >= 4 is 17.3 Å². The number of carbonyl (C=O) groups is 1. The first-order valence-electron chi connectivity index (χ1n) is 3.81. The molecule has 14 heavy (non-hydrogen) atoms. The monoisotopic (exact) mass is 210 g/mol. The predicted octanol–water partition coefficient (Wildman–Crippen LogP) is 1.43. The highest BCUT2D eigenvalue weighted by Crippen LogP contribution is 2.22. The number of aromatic nitrogens is 2. The minimum absolute atomic E-state index is 0.0538. The summed E-state index contributed by atoms with van der Waals surface area (Å²) in [5.41, 5.74) is 1.32. The molecule has 5 nitrogen and oxygen atoms in total. The average Bonchev–Trinajstić information content (AvgIpc) is 2.69. The second kappa shape index (κ2) is 3.59. The van der Waals surface area contributed by atoms with Crippen LogP contribution in [0.15, 0.2) is 22.4 Å². The molecule has 0 fully saturated rings. The van der Waals surface area contributed by atoms with Gasteiger partial charge in [-0.25, -0.2) is 4.98 Å². The Morgan fingerprint density at radius 1 is 1.64 bits per heavy atom. The van der Waals surface area contributed by atoms with Crippen LogP contribution in [0, 0.1) is 0 Å². The summed E-state index contributed by atoms with van der Waals surface area (Å²) in [4.78, 5) is 14.5. The minimum Gasteiger partial charge on any atom is -0.481 e. The van der Waals surface area contributed by atoms with Crippen LogP contribution >= 0.6 is 11.3 Å². The van der Waals surface area contributed by atoms with Crippen molar-refractivity contribution in [1.29, 1.82) is 0 Å². The highest BCUT2D eigenvalue weighted by molar-refractivity contribution is 7.13. The van der Waals surface area contributed by atoms with Crippen molar-refractivity contribution in [3.8, 4) is 10.6 Å². The Morgan fingerprint density at radius 2 is 2.50 bits per heavy atom. The van der Waals surface area contributed by atoms with Gasteiger partial charge in [0.25, 0.3) is 0 Å². The molecule has 2 rings (SSSR count). The van der Waals surface area contributed by atoms with Crippen LogP contribution in [0.3, 0.4) is 0 Å². The molecule has 0 aliphatic carbocycles. The van der Waals surface area contributed by atoms with E-state index < -0.39 is 5.97 Å². The van der Waals surface area contributed by atoms with E-state index in [2.05, 4.69) is 14.7 Å². The molecule has 6 heteroatoms. The van der Waals surface area contributed by atoms with Crippen LogP contribution in [0.5, 0.6) is 0 Å². The fraction of sp³-hybridized carbons (Fsp3) is 0.125. The van der Waals surface area contributed by atoms with E-state index in [-0.39, 0.29) is 6.42 Å². The first kappa shape index (κ1) is 8.89. The summed E-state index contributed by atoms with van der Waals surface area (Å²) >= 11 is 1.37. The summed E-state index contributed by atoms with van der Waals surface area (Å²) in [5.74, 6) is -0.882. The molecule has 1 N–H and O–H groups in total. The number of carboxylic acids is 1. The van der Waals surface area contributed by atoms with Gasteiger partial charge in [0, 0.05) is 5.38 Å². The highest BCUT2D eigenvalue weighted by atomic mass is 32.1. The number of rotatable bonds is 3. The molecule has 2 heterocycles. The van der Waals surface area contributed by atoms with E-state index in [1.165, 1.54) is 17.6 Å². The van der Waals surface area contributed by atoms with E-state index in [1.54, 1.807) is 11.6 Å². The van der Waals surface area contributed by atoms with Gasteiger partial charge in [0.2, 0.25) is 0 Å². The SMILES string of the molecule is O=C(O)Cc1csc(-c2cnoc2)n1. The zero-order valence-corrected chi connectivity index (χ0v) is 7.82. The molecule has 2 aromatic heterocycles. The van der Waals surface area contributed by atoms with Gasteiger partial charge in [-0.2, -0.15) is 0 Å². The maximum absolute atomic E-state index is 10.4. The van der Waals surface area contributed by atoms with Crippen molar-refractivity contribution in [1.82, 2.24) is 10.1 Å². The fourth-order valence-corrected chi connectivity index (χ4v) is 1.78. The lowest BCUT2D eigenvalue weighted by atomic mass is 10.3. The van der Waals surface area contributed by atoms with Gasteiger partial charge in [0.1, 0.15) is 11.3 Å². The Morgan fingerprint density at radius 3 is 3.14 bits per heavy atom. The Kier molecular flexibility index (Phi) is 2.28. The number of hydrogen-bond donors (Lipinski definition) is 1. The topological polar surface area (TPSA) is 76.2 Å². The molecule has 0 radical (unpaired) electrons. The third kappa shape index (κ3) is 1.80. The van der Waals surface area contributed by atoms with Gasteiger partial charge >= 0.3 is 5.97 Å². The molecule has 72 valence electrons. The maximum Gasteiger partial charge on any atom is 0.309 e. The molecule has 0 aliphatic rings. The van der Waals surface area contributed by atoms with Gasteiger partial charge in [0.05, 0.1) is 23.9 Å². The maximum atomic E-state index is 10.4. The van der Waals surface area contributed by atoms with Crippen LogP contribution in [0.4, 0.5) is 0 Å². The zero-order chi connectivity index (χ0) is 9.97. The Hall–Kier alpha value is -1.69. The molecular weight excluding hydrogens is 204 g/mol. The predicted molar refractivity (Wildman–Crippen MR) is 49.0 cm³/mol. The first-order chi connectivity index (χ1) is 6.75. The van der Waals surface area contributed by atoms with Crippen LogP contribution in [-0.4, -0.2) is 21.2 Å². The van der Waals surface area contributed by atoms with E-state index in [0.717, 1.165) is 10.6 Å². The van der Waals surface area contributed by atoms with E-state index in [0.29, 0.717) is 5.69 Å². The van der Waals surface area contributed by atoms with E-state index >= 15 is 0 Å². The third-order valence-corrected chi connectivity index (χ3v) is 2.50. The molecule has 0 aromatic carbocycles. The lowest BCUT2D eigenvalue weighted by molar-refractivity contribution is -0.136. The molecule has 0 spiro atoms. The highest BCUT2D eigenvalue weighted by Gasteiger charge is 2.08. The average molecular weight is 210 g/mol. The summed E-state index contributed by atoms with van der Waals surface area (Å²) in [6.07, 6.45) is 2.97. The number of thiazole rings is 1. The molecule has 0 atom stereocenters. The normalized spacial score (nSPS) is 10.3. The van der Waals surface area contributed by atoms with Crippen molar-refractivity contribution < 1.29 is 14.4 Å². The third-order valence-electron chi connectivity index (χ3n) is 1.56. The number of carboxylic acid groups (broad SMARTS) is 1. The van der Waals surface area contributed by atoms with Gasteiger partial charge in [0.15, 0.2) is 0 Å². The standard InChI is InChI=1S/C8H6N2O3S/c11-7(12)1-6-4-14-8(10-6)5-2-9-13-3-5/h2-4H,1H2,(H,11,12). The molecule has 0 unspecified atom stereocenters. The van der Waals surface area contributed by atoms with Crippen LogP contribution in [0.1, 0.15) is 5.69 Å². The van der Waals surface area contributed by atoms with Gasteiger partial charge in [-0.3, -0.25) is 4.79 Å². The molecule has 2 aromatic rings. The molecule has 0 amide bonds. The van der Waals surface area contributed by atoms with Crippen molar-refractivity contribution in [2.75, 3.05) is 0 Å². The smallest absolute Gasteiger partial charge is 0.309 e. The lowest BCUT2D eigenvalue weighted by Crippen LogP contribution is -1.99. The van der Waals surface area contributed by atoms with Crippen molar-refractivity contribution in [2.45, 2.75) is 6.42 Å². The molecule has 0 saturated carbocycles. The summed E-state index contributed by atoms with van der Waals surface area (Å²) in [6.45, 7) is 0. The van der Waals surface area contributed by atoms with Gasteiger partial charge in [-0.15, -0.1) is 11.3 Å². The van der Waals surface area contributed by atoms with E-state index in [4.69, 9.17) is 5.11 Å². The number of aliphatic carboxylic acids is 1. The van der Waals surface area contributed by atoms with Crippen LogP contribution in [0.2, 0.25) is 0 Å². The van der Waals surface area contributed by atoms with Crippen molar-refractivity contribution in [2.24, 2.45) is 0 Å². The Bertz CT molecular complexity index is 435. The summed E-state index contributed by atoms with van der Waals surface area (Å²) in [5, 5.41) is 14.5. The second-order valence-corrected chi connectivity index (χ2v) is 3.49. The van der Waals surface area contributed by atoms with Crippen LogP contribution < -0.4 is 0 Å². The van der Waals surface area contributed by atoms with E-state index in [9.17, 15) is 4.79 Å². The van der Waals surface area contributed by atoms with E-state index in [1.807, 2.05) is 0 Å². The molecule has 0 aliphatic heterocycles. The molecular formula is C8H6N2O3S. The van der Waals surface area contributed by atoms with Crippen molar-refractivity contribution in [3.05, 3.63) is 23.5 Å².